The second kappa shape index (κ2) is 7.94. The molecule has 8 heteroatoms. The number of halogens is 3. The van der Waals surface area contributed by atoms with Crippen molar-refractivity contribution in [1.82, 2.24) is 5.32 Å². The van der Waals surface area contributed by atoms with Crippen molar-refractivity contribution >= 4 is 17.5 Å². The maximum Gasteiger partial charge on any atom is 0.416 e. The van der Waals surface area contributed by atoms with Gasteiger partial charge in [-0.3, -0.25) is 9.59 Å². The molecule has 1 aliphatic rings. The van der Waals surface area contributed by atoms with E-state index >= 15 is 0 Å². The van der Waals surface area contributed by atoms with E-state index in [-0.39, 0.29) is 29.0 Å². The largest absolute Gasteiger partial charge is 0.451 e. The molecule has 0 spiro atoms. The fourth-order valence-corrected chi connectivity index (χ4v) is 3.49. The molecular formula is C23H19F3N2O3. The van der Waals surface area contributed by atoms with E-state index < -0.39 is 17.6 Å². The lowest BCUT2D eigenvalue weighted by Crippen LogP contribution is -2.26. The molecule has 0 radical (unpaired) electrons. The number of amides is 2. The first-order valence-corrected chi connectivity index (χ1v) is 9.72. The maximum absolute atomic E-state index is 12.9. The highest BCUT2D eigenvalue weighted by Crippen LogP contribution is 2.33. The standard InChI is InChI=1S/C23H19F3N2O3/c1-13(14-5-7-18-15(11-14)6-10-21(29)28-18)27-22(30)20-9-8-19(31-20)16-3-2-4-17(12-16)23(24,25)26/h2-5,7-9,11-13H,6,10H2,1H3,(H,27,30)(H,28,29). The molecule has 0 bridgehead atoms. The molecular weight excluding hydrogens is 409 g/mol. The number of nitrogens with one attached hydrogen (secondary N) is 2. The van der Waals surface area contributed by atoms with E-state index in [4.69, 9.17) is 4.42 Å². The Morgan fingerprint density at radius 2 is 1.90 bits per heavy atom. The molecule has 1 unspecified atom stereocenters. The SMILES string of the molecule is CC(NC(=O)c1ccc(-c2cccc(C(F)(F)F)c2)o1)c1ccc2c(c1)CCC(=O)N2. The Kier molecular flexibility index (Phi) is 5.31. The van der Waals surface area contributed by atoms with Crippen LogP contribution >= 0.6 is 0 Å². The van der Waals surface area contributed by atoms with Crippen LogP contribution in [0.4, 0.5) is 18.9 Å². The molecule has 4 rings (SSSR count). The van der Waals surface area contributed by atoms with Crippen LogP contribution in [0.15, 0.2) is 59.0 Å². The van der Waals surface area contributed by atoms with Crippen LogP contribution in [0.25, 0.3) is 11.3 Å². The third kappa shape index (κ3) is 4.47. The number of carbonyl (C=O) groups is 2. The normalized spacial score (nSPS) is 14.5. The molecule has 3 aromatic rings. The number of hydrogen-bond donors (Lipinski definition) is 2. The summed E-state index contributed by atoms with van der Waals surface area (Å²) in [7, 11) is 0. The monoisotopic (exact) mass is 428 g/mol. The van der Waals surface area contributed by atoms with E-state index in [1.54, 1.807) is 0 Å². The molecule has 0 fully saturated rings. The number of benzene rings is 2. The number of hydrogen-bond acceptors (Lipinski definition) is 3. The summed E-state index contributed by atoms with van der Waals surface area (Å²) >= 11 is 0. The summed E-state index contributed by atoms with van der Waals surface area (Å²) < 4.78 is 44.3. The number of aryl methyl sites for hydroxylation is 1. The Bertz CT molecular complexity index is 1150. The quantitative estimate of drug-likeness (QED) is 0.589. The summed E-state index contributed by atoms with van der Waals surface area (Å²) in [5, 5.41) is 5.64. The van der Waals surface area contributed by atoms with Crippen LogP contribution in [0.2, 0.25) is 0 Å². The van der Waals surface area contributed by atoms with Gasteiger partial charge in [0.1, 0.15) is 5.76 Å². The molecule has 0 saturated carbocycles. The summed E-state index contributed by atoms with van der Waals surface area (Å²) in [6.45, 7) is 1.82. The maximum atomic E-state index is 12.9. The van der Waals surface area contributed by atoms with Crippen molar-refractivity contribution in [3.8, 4) is 11.3 Å². The van der Waals surface area contributed by atoms with Crippen molar-refractivity contribution in [3.05, 3.63) is 77.0 Å². The number of alkyl halides is 3. The van der Waals surface area contributed by atoms with Crippen LogP contribution in [0.1, 0.15) is 46.6 Å². The van der Waals surface area contributed by atoms with Gasteiger partial charge in [-0.15, -0.1) is 0 Å². The predicted octanol–water partition coefficient (Wildman–Crippen LogP) is 5.34. The number of carbonyl (C=O) groups excluding carboxylic acids is 2. The van der Waals surface area contributed by atoms with Crippen molar-refractivity contribution < 1.29 is 27.2 Å². The van der Waals surface area contributed by atoms with Crippen molar-refractivity contribution in [2.24, 2.45) is 0 Å². The van der Waals surface area contributed by atoms with E-state index in [0.717, 1.165) is 28.9 Å². The van der Waals surface area contributed by atoms with Gasteiger partial charge in [0.25, 0.3) is 5.91 Å². The number of rotatable bonds is 4. The summed E-state index contributed by atoms with van der Waals surface area (Å²) in [5.74, 6) is -0.314. The molecule has 1 aromatic heterocycles. The molecule has 1 atom stereocenters. The fourth-order valence-electron chi connectivity index (χ4n) is 3.49. The molecule has 2 amide bonds. The average Bonchev–Trinajstić information content (AvgIpc) is 3.23. The highest BCUT2D eigenvalue weighted by atomic mass is 19.4. The van der Waals surface area contributed by atoms with Gasteiger partial charge < -0.3 is 15.1 Å². The zero-order valence-corrected chi connectivity index (χ0v) is 16.5. The smallest absolute Gasteiger partial charge is 0.416 e. The zero-order chi connectivity index (χ0) is 22.2. The first kappa shape index (κ1) is 20.7. The second-order valence-corrected chi connectivity index (χ2v) is 7.40. The van der Waals surface area contributed by atoms with Crippen LogP contribution in [-0.2, 0) is 17.4 Å². The Hall–Kier alpha value is -3.55. The summed E-state index contributed by atoms with van der Waals surface area (Å²) in [4.78, 5) is 24.1. The summed E-state index contributed by atoms with van der Waals surface area (Å²) in [6.07, 6.45) is -3.41. The Morgan fingerprint density at radius 3 is 2.68 bits per heavy atom. The van der Waals surface area contributed by atoms with Gasteiger partial charge in [0.15, 0.2) is 5.76 Å². The molecule has 5 nitrogen and oxygen atoms in total. The Labute approximate surface area is 176 Å². The van der Waals surface area contributed by atoms with Crippen molar-refractivity contribution in [3.63, 3.8) is 0 Å². The highest BCUT2D eigenvalue weighted by Gasteiger charge is 2.30. The van der Waals surface area contributed by atoms with Crippen LogP contribution < -0.4 is 10.6 Å². The zero-order valence-electron chi connectivity index (χ0n) is 16.5. The Balaban J connectivity index is 1.48. The van der Waals surface area contributed by atoms with Gasteiger partial charge in [-0.2, -0.15) is 13.2 Å². The van der Waals surface area contributed by atoms with Gasteiger partial charge in [0.05, 0.1) is 11.6 Å². The molecule has 2 heterocycles. The molecule has 160 valence electrons. The first-order valence-electron chi connectivity index (χ1n) is 9.72. The third-order valence-corrected chi connectivity index (χ3v) is 5.18. The molecule has 0 saturated heterocycles. The topological polar surface area (TPSA) is 71.3 Å². The van der Waals surface area contributed by atoms with Crippen LogP contribution in [0, 0.1) is 0 Å². The van der Waals surface area contributed by atoms with Gasteiger partial charge in [0.2, 0.25) is 5.91 Å². The first-order chi connectivity index (χ1) is 14.7. The van der Waals surface area contributed by atoms with Crippen molar-refractivity contribution in [1.29, 1.82) is 0 Å². The molecule has 0 aliphatic carbocycles. The van der Waals surface area contributed by atoms with Gasteiger partial charge in [-0.25, -0.2) is 0 Å². The van der Waals surface area contributed by atoms with Crippen LogP contribution in [0.5, 0.6) is 0 Å². The minimum Gasteiger partial charge on any atom is -0.451 e. The molecule has 2 aromatic carbocycles. The Morgan fingerprint density at radius 1 is 1.10 bits per heavy atom. The van der Waals surface area contributed by atoms with Gasteiger partial charge in [-0.1, -0.05) is 24.3 Å². The van der Waals surface area contributed by atoms with Crippen LogP contribution in [-0.4, -0.2) is 11.8 Å². The number of anilines is 1. The predicted molar refractivity (Wildman–Crippen MR) is 108 cm³/mol. The van der Waals surface area contributed by atoms with Crippen molar-refractivity contribution in [2.45, 2.75) is 32.0 Å². The molecule has 2 N–H and O–H groups in total. The van der Waals surface area contributed by atoms with E-state index in [9.17, 15) is 22.8 Å². The van der Waals surface area contributed by atoms with Gasteiger partial charge >= 0.3 is 6.18 Å². The minimum atomic E-state index is -4.46. The van der Waals surface area contributed by atoms with Crippen LogP contribution in [0.3, 0.4) is 0 Å². The average molecular weight is 428 g/mol. The van der Waals surface area contributed by atoms with Gasteiger partial charge in [0, 0.05) is 17.7 Å². The van der Waals surface area contributed by atoms with E-state index in [1.807, 2.05) is 25.1 Å². The summed E-state index contributed by atoms with van der Waals surface area (Å²) in [6, 6.07) is 12.9. The minimum absolute atomic E-state index is 0.00415. The molecule has 31 heavy (non-hydrogen) atoms. The third-order valence-electron chi connectivity index (χ3n) is 5.18. The lowest BCUT2D eigenvalue weighted by molar-refractivity contribution is -0.137. The fraction of sp³-hybridized carbons (Fsp3) is 0.217. The summed E-state index contributed by atoms with van der Waals surface area (Å²) in [5.41, 5.74) is 2.09. The lowest BCUT2D eigenvalue weighted by atomic mass is 9.98. The lowest BCUT2D eigenvalue weighted by Gasteiger charge is -2.20. The second-order valence-electron chi connectivity index (χ2n) is 7.40. The number of furan rings is 1. The van der Waals surface area contributed by atoms with Crippen molar-refractivity contribution in [2.75, 3.05) is 5.32 Å². The molecule has 1 aliphatic heterocycles. The van der Waals surface area contributed by atoms with Gasteiger partial charge in [-0.05, 0) is 54.8 Å². The van der Waals surface area contributed by atoms with E-state index in [0.29, 0.717) is 12.8 Å². The van der Waals surface area contributed by atoms with E-state index in [1.165, 1.54) is 24.3 Å². The highest BCUT2D eigenvalue weighted by molar-refractivity contribution is 5.94. The number of fused-ring (bicyclic) bond motifs is 1. The van der Waals surface area contributed by atoms with E-state index in [2.05, 4.69) is 10.6 Å².